The van der Waals surface area contributed by atoms with Gasteiger partial charge >= 0.3 is 5.97 Å². The van der Waals surface area contributed by atoms with Gasteiger partial charge in [0.15, 0.2) is 0 Å². The van der Waals surface area contributed by atoms with Gasteiger partial charge in [-0.3, -0.25) is 14.4 Å². The summed E-state index contributed by atoms with van der Waals surface area (Å²) in [6, 6.07) is 5.44. The average Bonchev–Trinajstić information content (AvgIpc) is 3.15. The van der Waals surface area contributed by atoms with Crippen molar-refractivity contribution in [3.63, 3.8) is 0 Å². The van der Waals surface area contributed by atoms with Gasteiger partial charge in [-0.15, -0.1) is 0 Å². The summed E-state index contributed by atoms with van der Waals surface area (Å²) in [5, 5.41) is 10.4. The van der Waals surface area contributed by atoms with Crippen LogP contribution in [0.4, 0.5) is 5.69 Å². The van der Waals surface area contributed by atoms with Gasteiger partial charge in [-0.25, -0.2) is 0 Å². The third kappa shape index (κ3) is 3.70. The van der Waals surface area contributed by atoms with Crippen LogP contribution in [0.3, 0.4) is 0 Å². The van der Waals surface area contributed by atoms with Gasteiger partial charge in [0.25, 0.3) is 5.91 Å². The summed E-state index contributed by atoms with van der Waals surface area (Å²) in [5.41, 5.74) is -1.87. The second-order valence-electron chi connectivity index (χ2n) is 10.5. The van der Waals surface area contributed by atoms with E-state index in [0.29, 0.717) is 17.9 Å². The molecule has 9 heteroatoms. The van der Waals surface area contributed by atoms with Gasteiger partial charge in [-0.05, 0) is 43.2 Å². The van der Waals surface area contributed by atoms with E-state index in [2.05, 4.69) is 0 Å². The number of esters is 1. The van der Waals surface area contributed by atoms with Crippen molar-refractivity contribution in [2.75, 3.05) is 31.8 Å². The minimum atomic E-state index is -1.39. The first kappa shape index (κ1) is 25.5. The van der Waals surface area contributed by atoms with Crippen molar-refractivity contribution in [2.45, 2.75) is 50.5 Å². The molecule has 4 aliphatic heterocycles. The van der Waals surface area contributed by atoms with E-state index in [-0.39, 0.29) is 37.5 Å². The van der Waals surface area contributed by atoms with Crippen molar-refractivity contribution in [2.24, 2.45) is 17.8 Å². The van der Waals surface area contributed by atoms with Crippen LogP contribution in [0.15, 0.2) is 48.6 Å². The molecule has 5 rings (SSSR count). The molecule has 1 spiro atoms. The van der Waals surface area contributed by atoms with Crippen LogP contribution in [0.25, 0.3) is 0 Å². The maximum absolute atomic E-state index is 14.4. The molecule has 4 heterocycles. The summed E-state index contributed by atoms with van der Waals surface area (Å²) in [6.45, 7) is 5.74. The second-order valence-corrected chi connectivity index (χ2v) is 10.5. The van der Waals surface area contributed by atoms with Crippen LogP contribution in [0.1, 0.15) is 27.2 Å². The Morgan fingerprint density at radius 1 is 1.11 bits per heavy atom. The van der Waals surface area contributed by atoms with E-state index in [9.17, 15) is 19.5 Å². The number of carbonyl (C=O) groups is 3. The first-order chi connectivity index (χ1) is 17.7. The molecule has 0 aromatic heterocycles. The standard InChI is InChI=1S/C28H34N2O7/c1-5-17(2)20(16-31)30-23-25(33)29(18-8-10-19(35-4)11-9-18)14-6-13-28(23)21(24(30)32)22-26(34)36-15-7-12-27(22,3)37-28/h6-13,17,20-23,31H,5,14-16H2,1-4H3/t17-,20-,21-,22+,23?,27-,28-/m0/s1. The van der Waals surface area contributed by atoms with Gasteiger partial charge in [-0.2, -0.15) is 0 Å². The number of hydrogen-bond donors (Lipinski definition) is 1. The van der Waals surface area contributed by atoms with Crippen LogP contribution in [-0.4, -0.2) is 77.9 Å². The zero-order valence-electron chi connectivity index (χ0n) is 21.6. The number of aliphatic hydroxyl groups is 1. The maximum Gasteiger partial charge on any atom is 0.313 e. The van der Waals surface area contributed by atoms with Gasteiger partial charge in [0.1, 0.15) is 29.9 Å². The number of amides is 2. The Morgan fingerprint density at radius 2 is 1.84 bits per heavy atom. The quantitative estimate of drug-likeness (QED) is 0.462. The van der Waals surface area contributed by atoms with Crippen molar-refractivity contribution in [3.05, 3.63) is 48.6 Å². The molecule has 7 atom stereocenters. The predicted molar refractivity (Wildman–Crippen MR) is 135 cm³/mol. The number of rotatable bonds is 6. The molecular formula is C28H34N2O7. The average molecular weight is 511 g/mol. The Kier molecular flexibility index (Phi) is 6.40. The largest absolute Gasteiger partial charge is 0.497 e. The van der Waals surface area contributed by atoms with Crippen molar-refractivity contribution in [1.82, 2.24) is 4.90 Å². The first-order valence-corrected chi connectivity index (χ1v) is 12.8. The lowest BCUT2D eigenvalue weighted by Gasteiger charge is -2.41. The Bertz CT molecular complexity index is 1150. The van der Waals surface area contributed by atoms with Gasteiger partial charge in [-0.1, -0.05) is 38.5 Å². The molecule has 2 amide bonds. The van der Waals surface area contributed by atoms with E-state index in [4.69, 9.17) is 14.2 Å². The number of hydrogen-bond acceptors (Lipinski definition) is 7. The summed E-state index contributed by atoms with van der Waals surface area (Å²) in [5.74, 6) is -2.55. The fourth-order valence-corrected chi connectivity index (χ4v) is 6.46. The molecular weight excluding hydrogens is 476 g/mol. The Labute approximate surface area is 216 Å². The van der Waals surface area contributed by atoms with E-state index >= 15 is 0 Å². The van der Waals surface area contributed by atoms with Gasteiger partial charge in [0.2, 0.25) is 5.91 Å². The van der Waals surface area contributed by atoms with Gasteiger partial charge < -0.3 is 29.1 Å². The van der Waals surface area contributed by atoms with Crippen molar-refractivity contribution in [1.29, 1.82) is 0 Å². The molecule has 0 aliphatic carbocycles. The molecule has 0 bridgehead atoms. The number of likely N-dealkylation sites (tertiary alicyclic amines) is 1. The molecule has 2 fully saturated rings. The van der Waals surface area contributed by atoms with Crippen LogP contribution in [-0.2, 0) is 23.9 Å². The number of carbonyl (C=O) groups excluding carboxylic acids is 3. The minimum absolute atomic E-state index is 0.0911. The third-order valence-electron chi connectivity index (χ3n) is 8.48. The SMILES string of the molecule is CC[C@H](C)[C@H](CO)N1C(=O)[C@@H]2[C@@H]3C(=O)OCC=C[C@]3(C)O[C@@]23C=CCN(c2ccc(OC)cc2)C(=O)C13. The minimum Gasteiger partial charge on any atom is -0.497 e. The summed E-state index contributed by atoms with van der Waals surface area (Å²) in [6.07, 6.45) is 7.79. The third-order valence-corrected chi connectivity index (χ3v) is 8.48. The fourth-order valence-electron chi connectivity index (χ4n) is 6.46. The highest BCUT2D eigenvalue weighted by molar-refractivity contribution is 6.05. The number of anilines is 1. The monoisotopic (exact) mass is 510 g/mol. The normalized spacial score (nSPS) is 34.3. The highest BCUT2D eigenvalue weighted by Gasteiger charge is 2.75. The number of ether oxygens (including phenoxy) is 3. The van der Waals surface area contributed by atoms with E-state index in [0.717, 1.165) is 0 Å². The van der Waals surface area contributed by atoms with Gasteiger partial charge in [0.05, 0.1) is 31.3 Å². The number of nitrogens with zero attached hydrogens (tertiary/aromatic N) is 2. The summed E-state index contributed by atoms with van der Waals surface area (Å²) < 4.78 is 17.4. The lowest BCUT2D eigenvalue weighted by molar-refractivity contribution is -0.158. The number of fused-ring (bicyclic) bond motifs is 2. The zero-order valence-corrected chi connectivity index (χ0v) is 21.6. The molecule has 4 aliphatic rings. The number of benzene rings is 1. The molecule has 1 aromatic carbocycles. The lowest BCUT2D eigenvalue weighted by Crippen LogP contribution is -2.60. The van der Waals surface area contributed by atoms with Crippen molar-refractivity contribution in [3.8, 4) is 5.75 Å². The number of aliphatic hydroxyl groups excluding tert-OH is 1. The fraction of sp³-hybridized carbons (Fsp3) is 0.536. The first-order valence-electron chi connectivity index (χ1n) is 12.8. The van der Waals surface area contributed by atoms with Crippen LogP contribution in [0.2, 0.25) is 0 Å². The molecule has 0 radical (unpaired) electrons. The summed E-state index contributed by atoms with van der Waals surface area (Å²) in [4.78, 5) is 45.0. The van der Waals surface area contributed by atoms with Crippen LogP contribution in [0, 0.1) is 17.8 Å². The second kappa shape index (κ2) is 9.29. The topological polar surface area (TPSA) is 106 Å². The smallest absolute Gasteiger partial charge is 0.313 e. The molecule has 2 saturated heterocycles. The molecule has 9 nitrogen and oxygen atoms in total. The van der Waals surface area contributed by atoms with Crippen LogP contribution in [0.5, 0.6) is 5.75 Å². The number of cyclic esters (lactones) is 1. The molecule has 0 saturated carbocycles. The molecule has 37 heavy (non-hydrogen) atoms. The summed E-state index contributed by atoms with van der Waals surface area (Å²) in [7, 11) is 1.57. The Hall–Kier alpha value is -3.17. The number of methoxy groups -OCH3 is 1. The van der Waals surface area contributed by atoms with Crippen LogP contribution < -0.4 is 9.64 Å². The van der Waals surface area contributed by atoms with Gasteiger partial charge in [0, 0.05) is 12.2 Å². The Balaban J connectivity index is 1.67. The maximum atomic E-state index is 14.4. The van der Waals surface area contributed by atoms with E-state index in [1.165, 1.54) is 4.90 Å². The molecule has 198 valence electrons. The molecule has 1 unspecified atom stereocenters. The Morgan fingerprint density at radius 3 is 2.49 bits per heavy atom. The van der Waals surface area contributed by atoms with E-state index in [1.807, 2.05) is 19.9 Å². The predicted octanol–water partition coefficient (Wildman–Crippen LogP) is 2.09. The van der Waals surface area contributed by atoms with Crippen molar-refractivity contribution >= 4 is 23.5 Å². The molecule has 1 aromatic rings. The molecule has 1 N–H and O–H groups in total. The summed E-state index contributed by atoms with van der Waals surface area (Å²) >= 11 is 0. The van der Waals surface area contributed by atoms with E-state index < -0.39 is 41.1 Å². The lowest BCUT2D eigenvalue weighted by atomic mass is 9.75. The van der Waals surface area contributed by atoms with Crippen LogP contribution >= 0.6 is 0 Å². The van der Waals surface area contributed by atoms with E-state index in [1.54, 1.807) is 61.4 Å². The highest BCUT2D eigenvalue weighted by atomic mass is 16.6. The zero-order chi connectivity index (χ0) is 26.5. The highest BCUT2D eigenvalue weighted by Crippen LogP contribution is 2.58. The van der Waals surface area contributed by atoms with Crippen molar-refractivity contribution < 1.29 is 33.7 Å².